The van der Waals surface area contributed by atoms with Crippen molar-refractivity contribution in [2.75, 3.05) is 13.1 Å². The van der Waals surface area contributed by atoms with Gasteiger partial charge in [0.1, 0.15) is 5.65 Å². The van der Waals surface area contributed by atoms with E-state index in [2.05, 4.69) is 82.9 Å². The van der Waals surface area contributed by atoms with E-state index in [1.807, 2.05) is 12.3 Å². The summed E-state index contributed by atoms with van der Waals surface area (Å²) in [5, 5.41) is 1.71. The van der Waals surface area contributed by atoms with E-state index >= 15 is 0 Å². The van der Waals surface area contributed by atoms with Gasteiger partial charge in [-0.25, -0.2) is 4.98 Å². The average Bonchev–Trinajstić information content (AvgIpc) is 3.55. The predicted octanol–water partition coefficient (Wildman–Crippen LogP) is 10.0. The minimum absolute atomic E-state index is 0.288. The SMILES string of the molecule is C=C(c1c[nH]c2ncc(Cl)cc12)C(C=C(C)C(C)CCCCC(C)C(C)N1CCC(C(C)CC)C1)C(C)C. The first-order valence-corrected chi connectivity index (χ1v) is 15.6. The van der Waals surface area contributed by atoms with Gasteiger partial charge < -0.3 is 9.88 Å². The lowest BCUT2D eigenvalue weighted by Gasteiger charge is -2.30. The zero-order chi connectivity index (χ0) is 28.0. The van der Waals surface area contributed by atoms with Gasteiger partial charge in [-0.3, -0.25) is 0 Å². The number of pyridine rings is 1. The second kappa shape index (κ2) is 14.2. The molecule has 1 aliphatic rings. The monoisotopic (exact) mass is 539 g/mol. The van der Waals surface area contributed by atoms with Crippen LogP contribution in [0.3, 0.4) is 0 Å². The van der Waals surface area contributed by atoms with Crippen molar-refractivity contribution in [3.63, 3.8) is 0 Å². The van der Waals surface area contributed by atoms with E-state index in [1.165, 1.54) is 57.2 Å². The van der Waals surface area contributed by atoms with Crippen molar-refractivity contribution in [2.45, 2.75) is 100.0 Å². The molecule has 1 aliphatic heterocycles. The van der Waals surface area contributed by atoms with Gasteiger partial charge in [-0.1, -0.05) is 90.6 Å². The third-order valence-electron chi connectivity index (χ3n) is 9.83. The molecule has 0 aromatic carbocycles. The third-order valence-corrected chi connectivity index (χ3v) is 10.0. The summed E-state index contributed by atoms with van der Waals surface area (Å²) in [7, 11) is 0. The van der Waals surface area contributed by atoms with E-state index in [-0.39, 0.29) is 5.92 Å². The number of allylic oxidation sites excluding steroid dienone is 3. The fourth-order valence-corrected chi connectivity index (χ4v) is 6.45. The van der Waals surface area contributed by atoms with Gasteiger partial charge in [-0.2, -0.15) is 0 Å². The molecule has 2 aromatic heterocycles. The lowest BCUT2D eigenvalue weighted by atomic mass is 9.82. The van der Waals surface area contributed by atoms with Crippen molar-refractivity contribution >= 4 is 28.2 Å². The van der Waals surface area contributed by atoms with Crippen LogP contribution < -0.4 is 0 Å². The van der Waals surface area contributed by atoms with Crippen LogP contribution in [0.4, 0.5) is 0 Å². The Morgan fingerprint density at radius 2 is 1.89 bits per heavy atom. The molecule has 1 N–H and O–H groups in total. The smallest absolute Gasteiger partial charge is 0.137 e. The molecule has 3 nitrogen and oxygen atoms in total. The van der Waals surface area contributed by atoms with Gasteiger partial charge in [0.25, 0.3) is 0 Å². The Bertz CT molecular complexity index is 1070. The van der Waals surface area contributed by atoms with Gasteiger partial charge in [-0.05, 0) is 80.9 Å². The van der Waals surface area contributed by atoms with Crippen molar-refractivity contribution in [1.29, 1.82) is 0 Å². The van der Waals surface area contributed by atoms with Crippen LogP contribution in [0.5, 0.6) is 0 Å². The fourth-order valence-electron chi connectivity index (χ4n) is 6.29. The molecule has 0 radical (unpaired) electrons. The first kappa shape index (κ1) is 31.0. The number of aromatic nitrogens is 2. The van der Waals surface area contributed by atoms with Crippen molar-refractivity contribution in [3.8, 4) is 0 Å². The summed E-state index contributed by atoms with van der Waals surface area (Å²) >= 11 is 6.25. The number of unbranched alkanes of at least 4 members (excludes halogenated alkanes) is 1. The van der Waals surface area contributed by atoms with Gasteiger partial charge in [0.2, 0.25) is 0 Å². The minimum atomic E-state index is 0.288. The molecule has 0 bridgehead atoms. The zero-order valence-electron chi connectivity index (χ0n) is 25.5. The summed E-state index contributed by atoms with van der Waals surface area (Å²) < 4.78 is 0. The normalized spacial score (nSPS) is 21.1. The molecule has 0 spiro atoms. The molecule has 0 amide bonds. The fraction of sp³-hybridized carbons (Fsp3) is 0.676. The number of nitrogens with zero attached hydrogens (tertiary/aromatic N) is 2. The second-order valence-electron chi connectivity index (χ2n) is 12.8. The number of fused-ring (bicyclic) bond motifs is 1. The predicted molar refractivity (Wildman–Crippen MR) is 168 cm³/mol. The maximum atomic E-state index is 6.25. The van der Waals surface area contributed by atoms with Crippen molar-refractivity contribution in [2.24, 2.45) is 35.5 Å². The molecule has 1 saturated heterocycles. The first-order valence-electron chi connectivity index (χ1n) is 15.3. The molecule has 0 aliphatic carbocycles. The van der Waals surface area contributed by atoms with Crippen LogP contribution in [0.2, 0.25) is 5.02 Å². The number of likely N-dealkylation sites (tertiary alicyclic amines) is 1. The maximum absolute atomic E-state index is 6.25. The summed E-state index contributed by atoms with van der Waals surface area (Å²) in [4.78, 5) is 10.5. The number of hydrogen-bond acceptors (Lipinski definition) is 2. The Labute approximate surface area is 238 Å². The van der Waals surface area contributed by atoms with E-state index in [1.54, 1.807) is 6.20 Å². The molecule has 0 saturated carbocycles. The molecule has 212 valence electrons. The summed E-state index contributed by atoms with van der Waals surface area (Å²) in [6.45, 7) is 26.2. The first-order chi connectivity index (χ1) is 18.0. The van der Waals surface area contributed by atoms with E-state index in [9.17, 15) is 0 Å². The number of nitrogens with one attached hydrogen (secondary N) is 1. The van der Waals surface area contributed by atoms with Crippen LogP contribution in [0.15, 0.2) is 36.7 Å². The summed E-state index contributed by atoms with van der Waals surface area (Å²) in [5.74, 6) is 3.88. The highest BCUT2D eigenvalue weighted by Crippen LogP contribution is 2.36. The summed E-state index contributed by atoms with van der Waals surface area (Å²) in [6, 6.07) is 2.70. The molecule has 3 heterocycles. The topological polar surface area (TPSA) is 31.9 Å². The number of H-pyrrole nitrogens is 1. The zero-order valence-corrected chi connectivity index (χ0v) is 26.2. The second-order valence-corrected chi connectivity index (χ2v) is 13.2. The van der Waals surface area contributed by atoms with Crippen LogP contribution in [-0.2, 0) is 0 Å². The van der Waals surface area contributed by atoms with Gasteiger partial charge in [0, 0.05) is 41.8 Å². The molecular formula is C34H54ClN3. The Kier molecular flexibility index (Phi) is 11.5. The molecule has 2 aromatic rings. The molecule has 3 rings (SSSR count). The van der Waals surface area contributed by atoms with E-state index < -0.39 is 0 Å². The third kappa shape index (κ3) is 7.75. The molecule has 1 fully saturated rings. The minimum Gasteiger partial charge on any atom is -0.346 e. The Hall–Kier alpha value is -1.58. The molecule has 4 heteroatoms. The van der Waals surface area contributed by atoms with Crippen LogP contribution in [0.1, 0.15) is 99.5 Å². The highest BCUT2D eigenvalue weighted by atomic mass is 35.5. The largest absolute Gasteiger partial charge is 0.346 e. The number of aromatic amines is 1. The van der Waals surface area contributed by atoms with Crippen molar-refractivity contribution in [1.82, 2.24) is 14.9 Å². The molecule has 6 atom stereocenters. The Morgan fingerprint density at radius 1 is 1.18 bits per heavy atom. The van der Waals surface area contributed by atoms with Gasteiger partial charge in [-0.15, -0.1) is 0 Å². The molecular weight excluding hydrogens is 486 g/mol. The van der Waals surface area contributed by atoms with Crippen molar-refractivity contribution < 1.29 is 0 Å². The Morgan fingerprint density at radius 3 is 2.58 bits per heavy atom. The molecule has 6 unspecified atom stereocenters. The van der Waals surface area contributed by atoms with E-state index in [4.69, 9.17) is 11.6 Å². The summed E-state index contributed by atoms with van der Waals surface area (Å²) in [5.41, 5.74) is 4.62. The number of halogens is 1. The van der Waals surface area contributed by atoms with Crippen molar-refractivity contribution in [3.05, 3.63) is 47.3 Å². The van der Waals surface area contributed by atoms with Gasteiger partial charge in [0.05, 0.1) is 5.02 Å². The lowest BCUT2D eigenvalue weighted by Crippen LogP contribution is -2.36. The quantitative estimate of drug-likeness (QED) is 0.191. The standard InChI is InChI=1S/C34H54ClN3/c1-10-23(4)29-15-16-38(21-29)28(9)25(6)14-12-11-13-24(5)26(7)17-31(22(2)3)27(8)33-20-37-34-32(33)18-30(35)19-36-34/h17-20,22-25,28-29,31H,8,10-16,21H2,1-7,9H3,(H,36,37). The van der Waals surface area contributed by atoms with Crippen LogP contribution in [-0.4, -0.2) is 34.0 Å². The number of hydrogen-bond donors (Lipinski definition) is 1. The molecule has 38 heavy (non-hydrogen) atoms. The Balaban J connectivity index is 1.51. The van der Waals surface area contributed by atoms with E-state index in [0.717, 1.165) is 39.9 Å². The van der Waals surface area contributed by atoms with Gasteiger partial charge >= 0.3 is 0 Å². The van der Waals surface area contributed by atoms with Gasteiger partial charge in [0.15, 0.2) is 0 Å². The average molecular weight is 540 g/mol. The van der Waals surface area contributed by atoms with Crippen LogP contribution in [0.25, 0.3) is 16.6 Å². The lowest BCUT2D eigenvalue weighted by molar-refractivity contribution is 0.176. The maximum Gasteiger partial charge on any atom is 0.137 e. The van der Waals surface area contributed by atoms with E-state index in [0.29, 0.717) is 22.9 Å². The highest BCUT2D eigenvalue weighted by molar-refractivity contribution is 6.31. The van der Waals surface area contributed by atoms with Crippen LogP contribution in [0, 0.1) is 35.5 Å². The highest BCUT2D eigenvalue weighted by Gasteiger charge is 2.30. The number of rotatable bonds is 14. The summed E-state index contributed by atoms with van der Waals surface area (Å²) in [6.07, 6.45) is 14.1. The van der Waals surface area contributed by atoms with Crippen LogP contribution >= 0.6 is 11.6 Å².